The predicted octanol–water partition coefficient (Wildman–Crippen LogP) is 3.00. The zero-order valence-corrected chi connectivity index (χ0v) is 7.47. The molecule has 66 valence electrons. The van der Waals surface area contributed by atoms with Gasteiger partial charge in [0.25, 0.3) is 0 Å². The SMILES string of the molecule is CCC/C=C(\CCC)COO. The molecule has 0 bridgehead atoms. The van der Waals surface area contributed by atoms with Gasteiger partial charge in [-0.15, -0.1) is 0 Å². The third kappa shape index (κ3) is 6.07. The number of unbranched alkanes of at least 4 members (excludes halogenated alkanes) is 1. The van der Waals surface area contributed by atoms with Gasteiger partial charge in [-0.3, -0.25) is 5.26 Å². The molecular weight excluding hydrogens is 140 g/mol. The molecule has 0 radical (unpaired) electrons. The fraction of sp³-hybridized carbons (Fsp3) is 0.778. The van der Waals surface area contributed by atoms with Crippen molar-refractivity contribution >= 4 is 0 Å². The lowest BCUT2D eigenvalue weighted by molar-refractivity contribution is -0.234. The normalized spacial score (nSPS) is 12.1. The van der Waals surface area contributed by atoms with Crippen LogP contribution in [0, 0.1) is 0 Å². The van der Waals surface area contributed by atoms with E-state index >= 15 is 0 Å². The van der Waals surface area contributed by atoms with Gasteiger partial charge in [0, 0.05) is 0 Å². The summed E-state index contributed by atoms with van der Waals surface area (Å²) in [6, 6.07) is 0. The largest absolute Gasteiger partial charge is 0.251 e. The smallest absolute Gasteiger partial charge is 0.103 e. The molecule has 0 fully saturated rings. The molecule has 0 aromatic rings. The molecule has 0 aliphatic rings. The molecule has 0 spiro atoms. The Morgan fingerprint density at radius 3 is 2.55 bits per heavy atom. The fourth-order valence-electron chi connectivity index (χ4n) is 0.986. The van der Waals surface area contributed by atoms with Gasteiger partial charge >= 0.3 is 0 Å². The summed E-state index contributed by atoms with van der Waals surface area (Å²) in [4.78, 5) is 4.09. The summed E-state index contributed by atoms with van der Waals surface area (Å²) in [5.41, 5.74) is 1.21. The lowest BCUT2D eigenvalue weighted by atomic mass is 10.1. The van der Waals surface area contributed by atoms with Gasteiger partial charge < -0.3 is 0 Å². The first kappa shape index (κ1) is 10.7. The van der Waals surface area contributed by atoms with E-state index in [1.165, 1.54) is 5.57 Å². The first-order valence-corrected chi connectivity index (χ1v) is 4.29. The van der Waals surface area contributed by atoms with Crippen LogP contribution in [0.1, 0.15) is 39.5 Å². The molecule has 1 N–H and O–H groups in total. The first-order valence-electron chi connectivity index (χ1n) is 4.29. The highest BCUT2D eigenvalue weighted by molar-refractivity contribution is 5.01. The average Bonchev–Trinajstić information content (AvgIpc) is 2.01. The van der Waals surface area contributed by atoms with E-state index in [-0.39, 0.29) is 0 Å². The number of rotatable bonds is 6. The third-order valence-electron chi connectivity index (χ3n) is 1.54. The fourth-order valence-corrected chi connectivity index (χ4v) is 0.986. The zero-order valence-electron chi connectivity index (χ0n) is 7.47. The van der Waals surface area contributed by atoms with Crippen LogP contribution >= 0.6 is 0 Å². The van der Waals surface area contributed by atoms with E-state index < -0.39 is 0 Å². The van der Waals surface area contributed by atoms with Crippen molar-refractivity contribution in [2.24, 2.45) is 0 Å². The predicted molar refractivity (Wildman–Crippen MR) is 46.5 cm³/mol. The van der Waals surface area contributed by atoms with Crippen molar-refractivity contribution in [2.45, 2.75) is 39.5 Å². The van der Waals surface area contributed by atoms with E-state index in [4.69, 9.17) is 5.26 Å². The van der Waals surface area contributed by atoms with Crippen molar-refractivity contribution in [2.75, 3.05) is 6.61 Å². The van der Waals surface area contributed by atoms with Crippen LogP contribution < -0.4 is 0 Å². The third-order valence-corrected chi connectivity index (χ3v) is 1.54. The minimum absolute atomic E-state index is 0.369. The van der Waals surface area contributed by atoms with E-state index in [9.17, 15) is 0 Å². The number of allylic oxidation sites excluding steroid dienone is 1. The Labute approximate surface area is 68.8 Å². The van der Waals surface area contributed by atoms with Gasteiger partial charge in [-0.05, 0) is 18.4 Å². The molecule has 0 aliphatic carbocycles. The Bertz CT molecular complexity index is 100. The molecule has 0 unspecified atom stereocenters. The van der Waals surface area contributed by atoms with Crippen LogP contribution in [-0.2, 0) is 4.89 Å². The van der Waals surface area contributed by atoms with Crippen molar-refractivity contribution < 1.29 is 10.1 Å². The van der Waals surface area contributed by atoms with E-state index in [0.29, 0.717) is 6.61 Å². The monoisotopic (exact) mass is 158 g/mol. The summed E-state index contributed by atoms with van der Waals surface area (Å²) < 4.78 is 0. The van der Waals surface area contributed by atoms with E-state index in [1.807, 2.05) is 0 Å². The van der Waals surface area contributed by atoms with Crippen LogP contribution in [0.3, 0.4) is 0 Å². The van der Waals surface area contributed by atoms with E-state index in [2.05, 4.69) is 24.8 Å². The van der Waals surface area contributed by atoms with Crippen LogP contribution in [0.4, 0.5) is 0 Å². The maximum absolute atomic E-state index is 8.22. The molecule has 2 heteroatoms. The Morgan fingerprint density at radius 2 is 2.09 bits per heavy atom. The van der Waals surface area contributed by atoms with Crippen LogP contribution in [0.15, 0.2) is 11.6 Å². The second-order valence-electron chi connectivity index (χ2n) is 2.67. The maximum atomic E-state index is 8.22. The van der Waals surface area contributed by atoms with Crippen molar-refractivity contribution in [3.05, 3.63) is 11.6 Å². The lowest BCUT2D eigenvalue weighted by Crippen LogP contribution is -1.94. The molecule has 0 heterocycles. The van der Waals surface area contributed by atoms with Crippen molar-refractivity contribution in [1.29, 1.82) is 0 Å². The van der Waals surface area contributed by atoms with Crippen LogP contribution in [-0.4, -0.2) is 11.9 Å². The minimum atomic E-state index is 0.369. The van der Waals surface area contributed by atoms with Gasteiger partial charge in [-0.1, -0.05) is 32.8 Å². The van der Waals surface area contributed by atoms with Gasteiger partial charge in [0.1, 0.15) is 6.61 Å². The number of hydrogen-bond donors (Lipinski definition) is 1. The summed E-state index contributed by atoms with van der Waals surface area (Å²) in [6.07, 6.45) is 6.52. The maximum Gasteiger partial charge on any atom is 0.103 e. The second-order valence-corrected chi connectivity index (χ2v) is 2.67. The van der Waals surface area contributed by atoms with Crippen LogP contribution in [0.5, 0.6) is 0 Å². The molecular formula is C9H18O2. The topological polar surface area (TPSA) is 29.5 Å². The standard InChI is InChI=1S/C9H18O2/c1-3-5-7-9(6-4-2)8-11-10/h7,10H,3-6,8H2,1-2H3/b9-7+. The van der Waals surface area contributed by atoms with Gasteiger partial charge in [0.05, 0.1) is 0 Å². The average molecular weight is 158 g/mol. The van der Waals surface area contributed by atoms with E-state index in [1.54, 1.807) is 0 Å². The molecule has 0 atom stereocenters. The molecule has 0 saturated heterocycles. The van der Waals surface area contributed by atoms with E-state index in [0.717, 1.165) is 25.7 Å². The highest BCUT2D eigenvalue weighted by Crippen LogP contribution is 2.06. The molecule has 11 heavy (non-hydrogen) atoms. The Kier molecular flexibility index (Phi) is 7.52. The van der Waals surface area contributed by atoms with Crippen molar-refractivity contribution in [1.82, 2.24) is 0 Å². The Hall–Kier alpha value is -0.340. The number of hydrogen-bond acceptors (Lipinski definition) is 2. The molecule has 0 amide bonds. The Morgan fingerprint density at radius 1 is 1.36 bits per heavy atom. The van der Waals surface area contributed by atoms with Crippen LogP contribution in [0.2, 0.25) is 0 Å². The lowest BCUT2D eigenvalue weighted by Gasteiger charge is -2.02. The summed E-state index contributed by atoms with van der Waals surface area (Å²) in [5.74, 6) is 0. The summed E-state index contributed by atoms with van der Waals surface area (Å²) in [6.45, 7) is 4.63. The Balaban J connectivity index is 3.66. The minimum Gasteiger partial charge on any atom is -0.251 e. The van der Waals surface area contributed by atoms with Crippen molar-refractivity contribution in [3.63, 3.8) is 0 Å². The highest BCUT2D eigenvalue weighted by atomic mass is 17.1. The summed E-state index contributed by atoms with van der Waals surface area (Å²) >= 11 is 0. The van der Waals surface area contributed by atoms with Gasteiger partial charge in [-0.2, -0.15) is 0 Å². The summed E-state index contributed by atoms with van der Waals surface area (Å²) in [7, 11) is 0. The van der Waals surface area contributed by atoms with Crippen molar-refractivity contribution in [3.8, 4) is 0 Å². The molecule has 0 aromatic carbocycles. The quantitative estimate of drug-likeness (QED) is 0.366. The molecule has 0 aliphatic heterocycles. The molecule has 0 saturated carbocycles. The molecule has 0 rings (SSSR count). The summed E-state index contributed by atoms with van der Waals surface area (Å²) in [5, 5.41) is 8.22. The van der Waals surface area contributed by atoms with Gasteiger partial charge in [0.15, 0.2) is 0 Å². The van der Waals surface area contributed by atoms with Gasteiger partial charge in [-0.25, -0.2) is 4.89 Å². The van der Waals surface area contributed by atoms with Crippen LogP contribution in [0.25, 0.3) is 0 Å². The second kappa shape index (κ2) is 7.76. The zero-order chi connectivity index (χ0) is 8.53. The molecule has 2 nitrogen and oxygen atoms in total. The van der Waals surface area contributed by atoms with Gasteiger partial charge in [0.2, 0.25) is 0 Å². The molecule has 0 aromatic heterocycles. The first-order chi connectivity index (χ1) is 5.35. The highest BCUT2D eigenvalue weighted by Gasteiger charge is 1.94.